The van der Waals surface area contributed by atoms with Gasteiger partial charge in [0.25, 0.3) is 0 Å². The molecule has 3 rings (SSSR count). The predicted octanol–water partition coefficient (Wildman–Crippen LogP) is 4.97. The van der Waals surface area contributed by atoms with Gasteiger partial charge in [-0.2, -0.15) is 0 Å². The Hall–Kier alpha value is -1.19. The van der Waals surface area contributed by atoms with E-state index in [4.69, 9.17) is 4.98 Å². The summed E-state index contributed by atoms with van der Waals surface area (Å²) in [7, 11) is 2.01. The Morgan fingerprint density at radius 3 is 2.48 bits per heavy atom. The fourth-order valence-corrected chi connectivity index (χ4v) is 4.44. The topological polar surface area (TPSA) is 24.9 Å². The molecule has 0 radical (unpaired) electrons. The first-order valence-corrected chi connectivity index (χ1v) is 8.89. The van der Waals surface area contributed by atoms with Crippen molar-refractivity contribution in [2.24, 2.45) is 0 Å². The van der Waals surface area contributed by atoms with Gasteiger partial charge < -0.3 is 5.32 Å². The van der Waals surface area contributed by atoms with Crippen LogP contribution in [0.5, 0.6) is 0 Å². The van der Waals surface area contributed by atoms with Gasteiger partial charge in [0.15, 0.2) is 0 Å². The van der Waals surface area contributed by atoms with Crippen molar-refractivity contribution in [1.29, 1.82) is 0 Å². The number of aromatic nitrogens is 1. The van der Waals surface area contributed by atoms with E-state index >= 15 is 0 Å². The molecule has 1 N–H and O–H groups in total. The maximum Gasteiger partial charge on any atom is 0.0966 e. The quantitative estimate of drug-likeness (QED) is 0.807. The molecule has 21 heavy (non-hydrogen) atoms. The zero-order valence-electron chi connectivity index (χ0n) is 12.8. The molecule has 0 unspecified atom stereocenters. The first-order chi connectivity index (χ1) is 10.4. The highest BCUT2D eigenvalue weighted by Gasteiger charge is 2.20. The molecule has 112 valence electrons. The maximum atomic E-state index is 5.04. The highest BCUT2D eigenvalue weighted by atomic mass is 32.1. The first-order valence-electron chi connectivity index (χ1n) is 8.08. The van der Waals surface area contributed by atoms with Gasteiger partial charge in [-0.3, -0.25) is 0 Å². The van der Waals surface area contributed by atoms with Gasteiger partial charge >= 0.3 is 0 Å². The molecule has 1 heterocycles. The average molecular weight is 300 g/mol. The van der Waals surface area contributed by atoms with E-state index in [0.29, 0.717) is 5.92 Å². The molecule has 0 bridgehead atoms. The van der Waals surface area contributed by atoms with Crippen LogP contribution in [-0.2, 0) is 6.54 Å². The Labute approximate surface area is 131 Å². The van der Waals surface area contributed by atoms with Gasteiger partial charge in [-0.15, -0.1) is 11.3 Å². The van der Waals surface area contributed by atoms with Crippen molar-refractivity contribution in [3.63, 3.8) is 0 Å². The van der Waals surface area contributed by atoms with Crippen molar-refractivity contribution in [3.8, 4) is 11.3 Å². The van der Waals surface area contributed by atoms with E-state index in [-0.39, 0.29) is 0 Å². The predicted molar refractivity (Wildman–Crippen MR) is 90.8 cm³/mol. The van der Waals surface area contributed by atoms with Gasteiger partial charge in [-0.1, -0.05) is 56.0 Å². The second kappa shape index (κ2) is 7.19. The van der Waals surface area contributed by atoms with E-state index in [9.17, 15) is 0 Å². The summed E-state index contributed by atoms with van der Waals surface area (Å²) >= 11 is 1.92. The fourth-order valence-electron chi connectivity index (χ4n) is 3.17. The largest absolute Gasteiger partial charge is 0.315 e. The number of nitrogens with zero attached hydrogens (tertiary/aromatic N) is 1. The van der Waals surface area contributed by atoms with Crippen LogP contribution in [0.1, 0.15) is 54.3 Å². The molecule has 1 aliphatic carbocycles. The van der Waals surface area contributed by atoms with Gasteiger partial charge in [0.2, 0.25) is 0 Å². The number of benzene rings is 1. The molecule has 1 fully saturated rings. The third-order valence-electron chi connectivity index (χ3n) is 4.30. The lowest BCUT2D eigenvalue weighted by Gasteiger charge is -2.09. The third-order valence-corrected chi connectivity index (χ3v) is 5.52. The summed E-state index contributed by atoms with van der Waals surface area (Å²) in [6.45, 7) is 0.911. The van der Waals surface area contributed by atoms with Crippen LogP contribution in [0, 0.1) is 0 Å². The highest BCUT2D eigenvalue weighted by Crippen LogP contribution is 2.37. The smallest absolute Gasteiger partial charge is 0.0966 e. The van der Waals surface area contributed by atoms with Crippen LogP contribution in [-0.4, -0.2) is 12.0 Å². The summed E-state index contributed by atoms with van der Waals surface area (Å²) < 4.78 is 0. The van der Waals surface area contributed by atoms with E-state index in [0.717, 1.165) is 6.54 Å². The van der Waals surface area contributed by atoms with Crippen molar-refractivity contribution in [2.45, 2.75) is 51.0 Å². The minimum absolute atomic E-state index is 0.686. The minimum Gasteiger partial charge on any atom is -0.315 e. The molecule has 1 aromatic carbocycles. The lowest BCUT2D eigenvalue weighted by molar-refractivity contribution is 0.589. The van der Waals surface area contributed by atoms with Crippen LogP contribution in [0.3, 0.4) is 0 Å². The fraction of sp³-hybridized carbons (Fsp3) is 0.500. The molecule has 1 saturated carbocycles. The second-order valence-electron chi connectivity index (χ2n) is 5.91. The van der Waals surface area contributed by atoms with E-state index in [1.54, 1.807) is 0 Å². The number of nitrogens with one attached hydrogen (secondary N) is 1. The van der Waals surface area contributed by atoms with Crippen molar-refractivity contribution < 1.29 is 0 Å². The van der Waals surface area contributed by atoms with Crippen molar-refractivity contribution in [1.82, 2.24) is 10.3 Å². The zero-order valence-corrected chi connectivity index (χ0v) is 13.6. The molecule has 1 aromatic heterocycles. The summed E-state index contributed by atoms with van der Waals surface area (Å²) in [6, 6.07) is 10.6. The van der Waals surface area contributed by atoms with Gasteiger partial charge in [-0.05, 0) is 19.9 Å². The second-order valence-corrected chi connectivity index (χ2v) is 7.02. The van der Waals surface area contributed by atoms with Crippen molar-refractivity contribution in [3.05, 3.63) is 40.2 Å². The molecule has 3 heteroatoms. The van der Waals surface area contributed by atoms with Crippen LogP contribution in [0.2, 0.25) is 0 Å². The molecule has 0 saturated heterocycles. The van der Waals surface area contributed by atoms with Crippen LogP contribution in [0.15, 0.2) is 30.3 Å². The summed E-state index contributed by atoms with van der Waals surface area (Å²) in [5.74, 6) is 0.686. The van der Waals surface area contributed by atoms with Gasteiger partial charge in [-0.25, -0.2) is 4.98 Å². The Balaban J connectivity index is 1.92. The average Bonchev–Trinajstić information content (AvgIpc) is 2.75. The lowest BCUT2D eigenvalue weighted by atomic mass is 10.0. The number of hydrogen-bond donors (Lipinski definition) is 1. The van der Waals surface area contributed by atoms with Crippen LogP contribution < -0.4 is 5.32 Å². The van der Waals surface area contributed by atoms with E-state index in [1.165, 1.54) is 59.7 Å². The minimum atomic E-state index is 0.686. The summed E-state index contributed by atoms with van der Waals surface area (Å²) in [4.78, 5) is 6.42. The number of hydrogen-bond acceptors (Lipinski definition) is 3. The summed E-state index contributed by atoms with van der Waals surface area (Å²) in [5.41, 5.74) is 2.44. The van der Waals surface area contributed by atoms with Crippen molar-refractivity contribution >= 4 is 11.3 Å². The number of thiazole rings is 1. The summed E-state index contributed by atoms with van der Waals surface area (Å²) in [6.07, 6.45) is 8.17. The molecule has 0 aliphatic heterocycles. The normalized spacial score (nSPS) is 16.8. The Bertz CT molecular complexity index is 554. The van der Waals surface area contributed by atoms with Gasteiger partial charge in [0.05, 0.1) is 10.7 Å². The van der Waals surface area contributed by atoms with Crippen LogP contribution in [0.4, 0.5) is 0 Å². The molecule has 0 atom stereocenters. The lowest BCUT2D eigenvalue weighted by Crippen LogP contribution is -2.04. The molecule has 1 aliphatic rings. The molecular weight excluding hydrogens is 276 g/mol. The van der Waals surface area contributed by atoms with Gasteiger partial charge in [0.1, 0.15) is 0 Å². The highest BCUT2D eigenvalue weighted by molar-refractivity contribution is 7.12. The molecular formula is C18H24N2S. The van der Waals surface area contributed by atoms with Crippen LogP contribution >= 0.6 is 11.3 Å². The van der Waals surface area contributed by atoms with Crippen molar-refractivity contribution in [2.75, 3.05) is 7.05 Å². The molecule has 2 nitrogen and oxygen atoms in total. The third kappa shape index (κ3) is 3.53. The monoisotopic (exact) mass is 300 g/mol. The Morgan fingerprint density at radius 2 is 1.81 bits per heavy atom. The van der Waals surface area contributed by atoms with Crippen LogP contribution in [0.25, 0.3) is 11.3 Å². The Morgan fingerprint density at radius 1 is 1.10 bits per heavy atom. The molecule has 2 aromatic rings. The zero-order chi connectivity index (χ0) is 14.5. The molecule has 0 spiro atoms. The van der Waals surface area contributed by atoms with E-state index in [2.05, 4.69) is 35.6 Å². The number of rotatable bonds is 4. The maximum absolute atomic E-state index is 5.04. The SMILES string of the molecule is CNCc1sc(C2CCCCCC2)nc1-c1ccccc1. The first kappa shape index (κ1) is 14.7. The van der Waals surface area contributed by atoms with E-state index < -0.39 is 0 Å². The standard InChI is InChI=1S/C18H24N2S/c1-19-13-16-17(14-9-7-4-8-10-14)20-18(21-16)15-11-5-2-3-6-12-15/h4,7-10,15,19H,2-3,5-6,11-13H2,1H3. The summed E-state index contributed by atoms with van der Waals surface area (Å²) in [5, 5.41) is 4.66. The Kier molecular flexibility index (Phi) is 5.04. The molecule has 0 amide bonds. The van der Waals surface area contributed by atoms with E-state index in [1.807, 2.05) is 18.4 Å². The van der Waals surface area contributed by atoms with Gasteiger partial charge in [0, 0.05) is 22.9 Å².